The lowest BCUT2D eigenvalue weighted by atomic mass is 10.2. The summed E-state index contributed by atoms with van der Waals surface area (Å²) in [6.07, 6.45) is 1.51. The molecule has 160 valence electrons. The summed E-state index contributed by atoms with van der Waals surface area (Å²) in [6.45, 7) is 3.28. The molecule has 1 saturated heterocycles. The standard InChI is InChI=1S/C23H22ClN3O3S/c1-15-22(31-20(26-15)14-30-19-10-6-17(24)7-11-19)23(29)25-13-16-4-8-18(9-5-16)27-12-2-3-21(27)28/h4-11H,2-3,12-14H2,1H3,(H,25,29). The molecule has 8 heteroatoms. The predicted molar refractivity (Wildman–Crippen MR) is 122 cm³/mol. The maximum atomic E-state index is 12.6. The van der Waals surface area contributed by atoms with E-state index in [0.717, 1.165) is 29.2 Å². The zero-order valence-electron chi connectivity index (χ0n) is 17.1. The Morgan fingerprint density at radius 3 is 2.61 bits per heavy atom. The minimum atomic E-state index is -0.161. The summed E-state index contributed by atoms with van der Waals surface area (Å²) in [4.78, 5) is 31.3. The first kappa shape index (κ1) is 21.3. The van der Waals surface area contributed by atoms with Gasteiger partial charge in [0.25, 0.3) is 5.91 Å². The van der Waals surface area contributed by atoms with Crippen LogP contribution in [0.15, 0.2) is 48.5 Å². The maximum Gasteiger partial charge on any atom is 0.263 e. The molecule has 1 aliphatic rings. The van der Waals surface area contributed by atoms with Crippen LogP contribution in [0.3, 0.4) is 0 Å². The van der Waals surface area contributed by atoms with Crippen molar-refractivity contribution in [2.45, 2.75) is 32.9 Å². The van der Waals surface area contributed by atoms with Crippen molar-refractivity contribution in [3.63, 3.8) is 0 Å². The highest BCUT2D eigenvalue weighted by molar-refractivity contribution is 7.13. The van der Waals surface area contributed by atoms with E-state index in [2.05, 4.69) is 10.3 Å². The fraction of sp³-hybridized carbons (Fsp3) is 0.261. The lowest BCUT2D eigenvalue weighted by Crippen LogP contribution is -2.24. The van der Waals surface area contributed by atoms with Crippen LogP contribution in [-0.2, 0) is 17.9 Å². The largest absolute Gasteiger partial charge is 0.486 e. The first-order chi connectivity index (χ1) is 15.0. The van der Waals surface area contributed by atoms with Crippen LogP contribution in [0.5, 0.6) is 5.75 Å². The molecular formula is C23H22ClN3O3S. The van der Waals surface area contributed by atoms with Crippen LogP contribution < -0.4 is 15.0 Å². The molecule has 1 aromatic heterocycles. The Hall–Kier alpha value is -2.90. The summed E-state index contributed by atoms with van der Waals surface area (Å²) in [5.41, 5.74) is 2.55. The molecule has 2 aromatic carbocycles. The molecule has 1 aliphatic heterocycles. The summed E-state index contributed by atoms with van der Waals surface area (Å²) in [6, 6.07) is 14.8. The van der Waals surface area contributed by atoms with Crippen molar-refractivity contribution in [2.24, 2.45) is 0 Å². The Kier molecular flexibility index (Phi) is 6.53. The molecule has 4 rings (SSSR count). The summed E-state index contributed by atoms with van der Waals surface area (Å²) < 4.78 is 5.71. The number of benzene rings is 2. The van der Waals surface area contributed by atoms with E-state index < -0.39 is 0 Å². The average Bonchev–Trinajstić information content (AvgIpc) is 3.37. The second-order valence-corrected chi connectivity index (χ2v) is 8.78. The minimum absolute atomic E-state index is 0.161. The SMILES string of the molecule is Cc1nc(COc2ccc(Cl)cc2)sc1C(=O)NCc1ccc(N2CCCC2=O)cc1. The van der Waals surface area contributed by atoms with Gasteiger partial charge >= 0.3 is 0 Å². The number of anilines is 1. The van der Waals surface area contributed by atoms with Crippen molar-refractivity contribution in [3.05, 3.63) is 74.7 Å². The van der Waals surface area contributed by atoms with E-state index in [1.807, 2.05) is 31.2 Å². The molecule has 1 fully saturated rings. The van der Waals surface area contributed by atoms with Gasteiger partial charge in [0.05, 0.1) is 5.69 Å². The van der Waals surface area contributed by atoms with E-state index >= 15 is 0 Å². The number of rotatable bonds is 7. The lowest BCUT2D eigenvalue weighted by Gasteiger charge is -2.16. The molecule has 0 aliphatic carbocycles. The van der Waals surface area contributed by atoms with Crippen LogP contribution in [0.4, 0.5) is 5.69 Å². The van der Waals surface area contributed by atoms with Gasteiger partial charge in [0.15, 0.2) is 0 Å². The number of hydrogen-bond donors (Lipinski definition) is 1. The van der Waals surface area contributed by atoms with Gasteiger partial charge < -0.3 is 15.0 Å². The number of nitrogens with zero attached hydrogens (tertiary/aromatic N) is 2. The van der Waals surface area contributed by atoms with Crippen LogP contribution in [-0.4, -0.2) is 23.3 Å². The number of aryl methyl sites for hydroxylation is 1. The monoisotopic (exact) mass is 455 g/mol. The van der Waals surface area contributed by atoms with Gasteiger partial charge in [0.2, 0.25) is 5.91 Å². The van der Waals surface area contributed by atoms with Gasteiger partial charge in [0, 0.05) is 30.2 Å². The molecular weight excluding hydrogens is 434 g/mol. The van der Waals surface area contributed by atoms with Gasteiger partial charge in [-0.3, -0.25) is 9.59 Å². The first-order valence-corrected chi connectivity index (χ1v) is 11.2. The third-order valence-corrected chi connectivity index (χ3v) is 6.38. The molecule has 0 radical (unpaired) electrons. The van der Waals surface area contributed by atoms with Gasteiger partial charge in [0.1, 0.15) is 22.2 Å². The number of carbonyl (C=O) groups excluding carboxylic acids is 2. The van der Waals surface area contributed by atoms with Gasteiger partial charge in [-0.15, -0.1) is 11.3 Å². The number of halogens is 1. The van der Waals surface area contributed by atoms with E-state index in [1.165, 1.54) is 11.3 Å². The highest BCUT2D eigenvalue weighted by Gasteiger charge is 2.21. The van der Waals surface area contributed by atoms with E-state index in [9.17, 15) is 9.59 Å². The molecule has 2 amide bonds. The Labute approximate surface area is 189 Å². The van der Waals surface area contributed by atoms with Crippen LogP contribution >= 0.6 is 22.9 Å². The van der Waals surface area contributed by atoms with E-state index in [1.54, 1.807) is 29.2 Å². The Bertz CT molecular complexity index is 1080. The zero-order chi connectivity index (χ0) is 21.8. The van der Waals surface area contributed by atoms with E-state index in [0.29, 0.717) is 34.3 Å². The number of aromatic nitrogens is 1. The average molecular weight is 456 g/mol. The second-order valence-electron chi connectivity index (χ2n) is 7.26. The van der Waals surface area contributed by atoms with Crippen molar-refractivity contribution in [3.8, 4) is 5.75 Å². The van der Waals surface area contributed by atoms with Crippen molar-refractivity contribution >= 4 is 40.4 Å². The normalized spacial score (nSPS) is 13.5. The molecule has 6 nitrogen and oxygen atoms in total. The van der Waals surface area contributed by atoms with Crippen molar-refractivity contribution in [2.75, 3.05) is 11.4 Å². The molecule has 1 N–H and O–H groups in total. The smallest absolute Gasteiger partial charge is 0.263 e. The summed E-state index contributed by atoms with van der Waals surface area (Å²) in [5.74, 6) is 0.700. The van der Waals surface area contributed by atoms with Crippen LogP contribution in [0, 0.1) is 6.92 Å². The number of thiazole rings is 1. The van der Waals surface area contributed by atoms with Gasteiger partial charge in [-0.25, -0.2) is 4.98 Å². The highest BCUT2D eigenvalue weighted by Crippen LogP contribution is 2.23. The third-order valence-electron chi connectivity index (χ3n) is 5.00. The second kappa shape index (κ2) is 9.49. The van der Waals surface area contributed by atoms with Crippen molar-refractivity contribution in [1.29, 1.82) is 0 Å². The van der Waals surface area contributed by atoms with Crippen LogP contribution in [0.2, 0.25) is 5.02 Å². The van der Waals surface area contributed by atoms with Gasteiger partial charge in [-0.2, -0.15) is 0 Å². The maximum absolute atomic E-state index is 12.6. The molecule has 0 saturated carbocycles. The van der Waals surface area contributed by atoms with Crippen molar-refractivity contribution in [1.82, 2.24) is 10.3 Å². The predicted octanol–water partition coefficient (Wildman–Crippen LogP) is 4.74. The third kappa shape index (κ3) is 5.24. The fourth-order valence-corrected chi connectivity index (χ4v) is 4.40. The quantitative estimate of drug-likeness (QED) is 0.558. The molecule has 0 atom stereocenters. The number of nitrogens with one attached hydrogen (secondary N) is 1. The topological polar surface area (TPSA) is 71.5 Å². The van der Waals surface area contributed by atoms with Gasteiger partial charge in [-0.05, 0) is 55.3 Å². The van der Waals surface area contributed by atoms with E-state index in [-0.39, 0.29) is 18.4 Å². The highest BCUT2D eigenvalue weighted by atomic mass is 35.5. The van der Waals surface area contributed by atoms with E-state index in [4.69, 9.17) is 16.3 Å². The fourth-order valence-electron chi connectivity index (χ4n) is 3.38. The molecule has 0 bridgehead atoms. The van der Waals surface area contributed by atoms with Crippen LogP contribution in [0.1, 0.15) is 38.8 Å². The Morgan fingerprint density at radius 2 is 1.94 bits per heavy atom. The number of hydrogen-bond acceptors (Lipinski definition) is 5. The number of amides is 2. The first-order valence-electron chi connectivity index (χ1n) is 10.0. The van der Waals surface area contributed by atoms with Crippen molar-refractivity contribution < 1.29 is 14.3 Å². The molecule has 31 heavy (non-hydrogen) atoms. The Balaban J connectivity index is 1.32. The van der Waals surface area contributed by atoms with Crippen LogP contribution in [0.25, 0.3) is 0 Å². The lowest BCUT2D eigenvalue weighted by molar-refractivity contribution is -0.117. The Morgan fingerprint density at radius 1 is 1.19 bits per heavy atom. The number of ether oxygens (including phenoxy) is 1. The summed E-state index contributed by atoms with van der Waals surface area (Å²) >= 11 is 7.21. The molecule has 3 aromatic rings. The minimum Gasteiger partial charge on any atom is -0.486 e. The molecule has 2 heterocycles. The summed E-state index contributed by atoms with van der Waals surface area (Å²) in [7, 11) is 0. The number of carbonyl (C=O) groups is 2. The zero-order valence-corrected chi connectivity index (χ0v) is 18.6. The molecule has 0 spiro atoms. The summed E-state index contributed by atoms with van der Waals surface area (Å²) in [5, 5.41) is 4.32. The van der Waals surface area contributed by atoms with Gasteiger partial charge in [-0.1, -0.05) is 23.7 Å². The molecule has 0 unspecified atom stereocenters.